The van der Waals surface area contributed by atoms with E-state index in [0.29, 0.717) is 11.9 Å². The van der Waals surface area contributed by atoms with Crippen molar-refractivity contribution in [2.75, 3.05) is 11.5 Å². The number of amides is 1. The normalized spacial score (nSPS) is 20.9. The average molecular weight is 232 g/mol. The third-order valence-corrected chi connectivity index (χ3v) is 3.55. The predicted octanol–water partition coefficient (Wildman–Crippen LogP) is 2.14. The first kappa shape index (κ1) is 10.6. The third-order valence-electron chi connectivity index (χ3n) is 3.55. The van der Waals surface area contributed by atoms with Crippen LogP contribution in [0.2, 0.25) is 0 Å². The molecule has 1 aliphatic carbocycles. The van der Waals surface area contributed by atoms with E-state index in [1.165, 1.54) is 19.3 Å². The van der Waals surface area contributed by atoms with Crippen LogP contribution in [-0.4, -0.2) is 23.5 Å². The summed E-state index contributed by atoms with van der Waals surface area (Å²) in [6.45, 7) is 0.126. The van der Waals surface area contributed by atoms with E-state index in [1.807, 2.05) is 17.0 Å². The fourth-order valence-electron chi connectivity index (χ4n) is 2.75. The number of carbonyl (C=O) groups is 1. The topological polar surface area (TPSA) is 42.4 Å². The molecule has 0 aromatic carbocycles. The third kappa shape index (κ3) is 1.88. The lowest BCUT2D eigenvalue weighted by molar-refractivity contribution is -0.122. The summed E-state index contributed by atoms with van der Waals surface area (Å²) in [5.41, 5.74) is 0.843. The van der Waals surface area contributed by atoms with Gasteiger partial charge in [-0.1, -0.05) is 19.3 Å². The molecule has 0 unspecified atom stereocenters. The molecule has 2 aliphatic rings. The zero-order valence-electron chi connectivity index (χ0n) is 9.76. The Morgan fingerprint density at radius 3 is 2.94 bits per heavy atom. The summed E-state index contributed by atoms with van der Waals surface area (Å²) in [5.74, 6) is 0.662. The van der Waals surface area contributed by atoms with Crippen molar-refractivity contribution >= 4 is 11.6 Å². The molecule has 2 heterocycles. The minimum Gasteiger partial charge on any atom is -0.466 e. The molecule has 0 spiro atoms. The maximum absolute atomic E-state index is 12.0. The van der Waals surface area contributed by atoms with Gasteiger partial charge in [0.15, 0.2) is 6.61 Å². The van der Waals surface area contributed by atoms with Crippen LogP contribution in [0.1, 0.15) is 32.1 Å². The van der Waals surface area contributed by atoms with Gasteiger partial charge in [-0.25, -0.2) is 4.98 Å². The van der Waals surface area contributed by atoms with Crippen LogP contribution >= 0.6 is 0 Å². The predicted molar refractivity (Wildman–Crippen MR) is 64.1 cm³/mol. The van der Waals surface area contributed by atoms with E-state index < -0.39 is 0 Å². The quantitative estimate of drug-likeness (QED) is 0.745. The SMILES string of the molecule is O=C1COc2ncccc2N1C1CCCCC1. The zero-order chi connectivity index (χ0) is 11.7. The van der Waals surface area contributed by atoms with E-state index in [4.69, 9.17) is 4.74 Å². The lowest BCUT2D eigenvalue weighted by atomic mass is 9.93. The largest absolute Gasteiger partial charge is 0.466 e. The Kier molecular flexibility index (Phi) is 2.71. The van der Waals surface area contributed by atoms with E-state index >= 15 is 0 Å². The minimum absolute atomic E-state index is 0.0670. The molecular formula is C13H16N2O2. The first-order valence-electron chi connectivity index (χ1n) is 6.26. The van der Waals surface area contributed by atoms with Gasteiger partial charge in [-0.3, -0.25) is 4.79 Å². The van der Waals surface area contributed by atoms with E-state index in [0.717, 1.165) is 18.5 Å². The van der Waals surface area contributed by atoms with Crippen molar-refractivity contribution in [3.8, 4) is 5.88 Å². The second kappa shape index (κ2) is 4.35. The Balaban J connectivity index is 1.94. The minimum atomic E-state index is 0.0670. The molecule has 1 aliphatic heterocycles. The van der Waals surface area contributed by atoms with Crippen LogP contribution < -0.4 is 9.64 Å². The van der Waals surface area contributed by atoms with Gasteiger partial charge in [-0.05, 0) is 25.0 Å². The summed E-state index contributed by atoms with van der Waals surface area (Å²) >= 11 is 0. The number of rotatable bonds is 1. The van der Waals surface area contributed by atoms with Gasteiger partial charge >= 0.3 is 0 Å². The fraction of sp³-hybridized carbons (Fsp3) is 0.538. The van der Waals surface area contributed by atoms with Crippen molar-refractivity contribution in [1.82, 2.24) is 4.98 Å². The molecule has 1 saturated carbocycles. The summed E-state index contributed by atoms with van der Waals surface area (Å²) < 4.78 is 5.35. The number of nitrogens with zero attached hydrogens (tertiary/aromatic N) is 2. The molecule has 0 N–H and O–H groups in total. The highest BCUT2D eigenvalue weighted by molar-refractivity contribution is 5.97. The molecule has 0 atom stereocenters. The standard InChI is InChI=1S/C13H16N2O2/c16-12-9-17-13-11(7-4-8-14-13)15(12)10-5-2-1-3-6-10/h4,7-8,10H,1-3,5-6,9H2. The Labute approximate surface area is 101 Å². The number of anilines is 1. The van der Waals surface area contributed by atoms with E-state index in [1.54, 1.807) is 6.20 Å². The zero-order valence-corrected chi connectivity index (χ0v) is 9.76. The first-order chi connectivity index (χ1) is 8.36. The number of aromatic nitrogens is 1. The summed E-state index contributed by atoms with van der Waals surface area (Å²) in [5, 5.41) is 0. The van der Waals surface area contributed by atoms with Crippen LogP contribution in [0.4, 0.5) is 5.69 Å². The van der Waals surface area contributed by atoms with Gasteiger partial charge in [0.2, 0.25) is 5.88 Å². The van der Waals surface area contributed by atoms with Gasteiger partial charge in [-0.2, -0.15) is 0 Å². The highest BCUT2D eigenvalue weighted by atomic mass is 16.5. The first-order valence-corrected chi connectivity index (χ1v) is 6.26. The van der Waals surface area contributed by atoms with Crippen LogP contribution in [-0.2, 0) is 4.79 Å². The maximum atomic E-state index is 12.0. The van der Waals surface area contributed by atoms with Crippen molar-refractivity contribution in [1.29, 1.82) is 0 Å². The van der Waals surface area contributed by atoms with Gasteiger partial charge < -0.3 is 9.64 Å². The second-order valence-corrected chi connectivity index (χ2v) is 4.67. The molecule has 17 heavy (non-hydrogen) atoms. The Hall–Kier alpha value is -1.58. The molecule has 0 radical (unpaired) electrons. The molecule has 1 aromatic heterocycles. The molecule has 0 bridgehead atoms. The van der Waals surface area contributed by atoms with Gasteiger partial charge in [0, 0.05) is 12.2 Å². The van der Waals surface area contributed by atoms with Crippen LogP contribution in [0.5, 0.6) is 5.88 Å². The highest BCUT2D eigenvalue weighted by Crippen LogP contribution is 2.34. The summed E-state index contributed by atoms with van der Waals surface area (Å²) in [7, 11) is 0. The van der Waals surface area contributed by atoms with Gasteiger partial charge in [0.05, 0.1) is 0 Å². The number of ether oxygens (including phenoxy) is 1. The van der Waals surface area contributed by atoms with E-state index in [2.05, 4.69) is 4.98 Å². The molecule has 4 nitrogen and oxygen atoms in total. The van der Waals surface area contributed by atoms with Crippen LogP contribution in [0.15, 0.2) is 18.3 Å². The van der Waals surface area contributed by atoms with Crippen LogP contribution in [0, 0.1) is 0 Å². The number of hydrogen-bond acceptors (Lipinski definition) is 3. The molecule has 1 amide bonds. The van der Waals surface area contributed by atoms with Crippen molar-refractivity contribution in [3.05, 3.63) is 18.3 Å². The molecule has 1 fully saturated rings. The number of carbonyl (C=O) groups excluding carboxylic acids is 1. The number of hydrogen-bond donors (Lipinski definition) is 0. The Morgan fingerprint density at radius 2 is 2.12 bits per heavy atom. The second-order valence-electron chi connectivity index (χ2n) is 4.67. The summed E-state index contributed by atoms with van der Waals surface area (Å²) in [4.78, 5) is 18.1. The van der Waals surface area contributed by atoms with Crippen molar-refractivity contribution in [2.45, 2.75) is 38.1 Å². The molecule has 1 aromatic rings. The number of fused-ring (bicyclic) bond motifs is 1. The van der Waals surface area contributed by atoms with Crippen molar-refractivity contribution < 1.29 is 9.53 Å². The number of pyridine rings is 1. The molecule has 90 valence electrons. The van der Waals surface area contributed by atoms with Crippen molar-refractivity contribution in [3.63, 3.8) is 0 Å². The lowest BCUT2D eigenvalue weighted by Gasteiger charge is -2.37. The van der Waals surface area contributed by atoms with Crippen molar-refractivity contribution in [2.24, 2.45) is 0 Å². The average Bonchev–Trinajstić information content (AvgIpc) is 2.39. The van der Waals surface area contributed by atoms with E-state index in [-0.39, 0.29) is 12.5 Å². The van der Waals surface area contributed by atoms with E-state index in [9.17, 15) is 4.79 Å². The molecular weight excluding hydrogens is 216 g/mol. The summed E-state index contributed by atoms with van der Waals surface area (Å²) in [6.07, 6.45) is 7.61. The lowest BCUT2D eigenvalue weighted by Crippen LogP contribution is -2.46. The fourth-order valence-corrected chi connectivity index (χ4v) is 2.75. The van der Waals surface area contributed by atoms with Crippen LogP contribution in [0.25, 0.3) is 0 Å². The Morgan fingerprint density at radius 1 is 1.29 bits per heavy atom. The van der Waals surface area contributed by atoms with Crippen LogP contribution in [0.3, 0.4) is 0 Å². The van der Waals surface area contributed by atoms with Gasteiger partial charge in [0.25, 0.3) is 5.91 Å². The maximum Gasteiger partial charge on any atom is 0.265 e. The van der Waals surface area contributed by atoms with Gasteiger partial charge in [-0.15, -0.1) is 0 Å². The molecule has 4 heteroatoms. The molecule has 0 saturated heterocycles. The highest BCUT2D eigenvalue weighted by Gasteiger charge is 2.32. The van der Waals surface area contributed by atoms with Gasteiger partial charge in [0.1, 0.15) is 5.69 Å². The molecule has 3 rings (SSSR count). The smallest absolute Gasteiger partial charge is 0.265 e. The monoisotopic (exact) mass is 232 g/mol. The summed E-state index contributed by atoms with van der Waals surface area (Å²) in [6, 6.07) is 4.12. The Bertz CT molecular complexity index is 427.